The Labute approximate surface area is 154 Å². The highest BCUT2D eigenvalue weighted by atomic mass is 35.5. The van der Waals surface area contributed by atoms with Crippen molar-refractivity contribution in [3.8, 4) is 5.75 Å². The molecule has 0 fully saturated rings. The number of fused-ring (bicyclic) bond motifs is 3. The first-order valence-electron chi connectivity index (χ1n) is 8.31. The van der Waals surface area contributed by atoms with Gasteiger partial charge in [0.2, 0.25) is 6.23 Å². The van der Waals surface area contributed by atoms with Gasteiger partial charge >= 0.3 is 0 Å². The van der Waals surface area contributed by atoms with Crippen LogP contribution in [0.2, 0.25) is 5.02 Å². The van der Waals surface area contributed by atoms with Gasteiger partial charge in [-0.05, 0) is 30.3 Å². The Morgan fingerprint density at radius 2 is 1.96 bits per heavy atom. The highest BCUT2D eigenvalue weighted by Gasteiger charge is 2.42. The number of nitrogens with zero attached hydrogens (tertiary/aromatic N) is 2. The number of para-hydroxylation sites is 1. The third kappa shape index (κ3) is 2.31. The van der Waals surface area contributed by atoms with E-state index in [9.17, 15) is 4.39 Å². The molecule has 26 heavy (non-hydrogen) atoms. The number of hydrogen-bond donors (Lipinski definition) is 0. The molecule has 3 heterocycles. The molecule has 0 spiro atoms. The molecule has 0 bridgehead atoms. The van der Waals surface area contributed by atoms with Gasteiger partial charge < -0.3 is 9.15 Å². The summed E-state index contributed by atoms with van der Waals surface area (Å²) in [5.74, 6) is 1.01. The Balaban J connectivity index is 1.66. The van der Waals surface area contributed by atoms with E-state index in [4.69, 9.17) is 25.9 Å². The first-order valence-corrected chi connectivity index (χ1v) is 8.69. The van der Waals surface area contributed by atoms with E-state index >= 15 is 0 Å². The van der Waals surface area contributed by atoms with Gasteiger partial charge in [0.05, 0.1) is 22.9 Å². The Morgan fingerprint density at radius 3 is 2.77 bits per heavy atom. The summed E-state index contributed by atoms with van der Waals surface area (Å²) >= 11 is 6.30. The standard InChI is InChI=1S/C20H14ClFN2O2/c21-13-6-3-7-14(22)19(13)20-24-16(12-5-1-2-8-17(12)26-20)11-15(23-24)18-9-4-10-25-18/h1-10,16,20H,11H2/t16-,20+/m0/s1. The second-order valence-electron chi connectivity index (χ2n) is 6.27. The lowest BCUT2D eigenvalue weighted by molar-refractivity contribution is -0.0211. The molecular weight excluding hydrogens is 355 g/mol. The fraction of sp³-hybridized carbons (Fsp3) is 0.150. The second-order valence-corrected chi connectivity index (χ2v) is 6.67. The van der Waals surface area contributed by atoms with Crippen LogP contribution in [0.25, 0.3) is 0 Å². The van der Waals surface area contributed by atoms with E-state index in [0.717, 1.165) is 11.3 Å². The Morgan fingerprint density at radius 1 is 1.08 bits per heavy atom. The highest BCUT2D eigenvalue weighted by molar-refractivity contribution is 6.31. The predicted octanol–water partition coefficient (Wildman–Crippen LogP) is 5.31. The summed E-state index contributed by atoms with van der Waals surface area (Å²) in [6.07, 6.45) is 1.53. The van der Waals surface area contributed by atoms with Gasteiger partial charge in [0, 0.05) is 12.0 Å². The second kappa shape index (κ2) is 5.88. The molecule has 2 aromatic carbocycles. The molecule has 130 valence electrons. The van der Waals surface area contributed by atoms with E-state index < -0.39 is 12.0 Å². The number of furan rings is 1. The van der Waals surface area contributed by atoms with E-state index in [1.165, 1.54) is 6.07 Å². The van der Waals surface area contributed by atoms with Crippen molar-refractivity contribution < 1.29 is 13.5 Å². The number of rotatable bonds is 2. The topological polar surface area (TPSA) is 38.0 Å². The van der Waals surface area contributed by atoms with Gasteiger partial charge in [-0.15, -0.1) is 0 Å². The monoisotopic (exact) mass is 368 g/mol. The van der Waals surface area contributed by atoms with Crippen LogP contribution >= 0.6 is 11.6 Å². The van der Waals surface area contributed by atoms with Crippen molar-refractivity contribution in [1.29, 1.82) is 0 Å². The van der Waals surface area contributed by atoms with E-state index in [1.54, 1.807) is 23.4 Å². The fourth-order valence-electron chi connectivity index (χ4n) is 3.56. The van der Waals surface area contributed by atoms with Gasteiger partial charge in [0.25, 0.3) is 0 Å². The number of benzene rings is 2. The van der Waals surface area contributed by atoms with Crippen molar-refractivity contribution in [2.75, 3.05) is 0 Å². The SMILES string of the molecule is Fc1cccc(Cl)c1[C@H]1Oc2ccccc2[C@@H]2CC(c3ccco3)=NN12. The van der Waals surface area contributed by atoms with Crippen molar-refractivity contribution in [3.63, 3.8) is 0 Å². The molecule has 2 aliphatic rings. The maximum absolute atomic E-state index is 14.6. The lowest BCUT2D eigenvalue weighted by atomic mass is 9.97. The van der Waals surface area contributed by atoms with E-state index in [1.807, 2.05) is 36.4 Å². The summed E-state index contributed by atoms with van der Waals surface area (Å²) in [5, 5.41) is 6.79. The largest absolute Gasteiger partial charge is 0.464 e. The maximum atomic E-state index is 14.6. The molecule has 0 unspecified atom stereocenters. The smallest absolute Gasteiger partial charge is 0.218 e. The average Bonchev–Trinajstić information content (AvgIpc) is 3.31. The van der Waals surface area contributed by atoms with Crippen LogP contribution in [0.3, 0.4) is 0 Å². The molecule has 4 nitrogen and oxygen atoms in total. The van der Waals surface area contributed by atoms with Crippen LogP contribution in [0.4, 0.5) is 4.39 Å². The minimum absolute atomic E-state index is 0.0688. The van der Waals surface area contributed by atoms with Crippen molar-refractivity contribution in [2.45, 2.75) is 18.7 Å². The summed E-state index contributed by atoms with van der Waals surface area (Å²) in [4.78, 5) is 0. The van der Waals surface area contributed by atoms with Crippen molar-refractivity contribution in [2.24, 2.45) is 5.10 Å². The van der Waals surface area contributed by atoms with Gasteiger partial charge in [0.1, 0.15) is 23.0 Å². The molecular formula is C20H14ClFN2O2. The Bertz CT molecular complexity index is 983. The normalized spacial score (nSPS) is 21.0. The molecule has 2 atom stereocenters. The molecule has 0 radical (unpaired) electrons. The number of hydrazone groups is 1. The molecule has 0 aliphatic carbocycles. The minimum atomic E-state index is -0.740. The van der Waals surface area contributed by atoms with Crippen LogP contribution in [0.15, 0.2) is 70.4 Å². The summed E-state index contributed by atoms with van der Waals surface area (Å²) in [6, 6.07) is 16.0. The third-order valence-corrected chi connectivity index (χ3v) is 5.08. The van der Waals surface area contributed by atoms with E-state index in [-0.39, 0.29) is 11.6 Å². The zero-order valence-corrected chi connectivity index (χ0v) is 14.4. The lowest BCUT2D eigenvalue weighted by Gasteiger charge is -2.38. The van der Waals surface area contributed by atoms with Crippen LogP contribution in [-0.4, -0.2) is 10.7 Å². The number of halogens is 2. The van der Waals surface area contributed by atoms with E-state index in [2.05, 4.69) is 0 Å². The molecule has 0 N–H and O–H groups in total. The summed E-state index contributed by atoms with van der Waals surface area (Å²) < 4.78 is 26.2. The molecule has 6 heteroatoms. The van der Waals surface area contributed by atoms with Crippen LogP contribution < -0.4 is 4.74 Å². The minimum Gasteiger partial charge on any atom is -0.464 e. The maximum Gasteiger partial charge on any atom is 0.218 e. The van der Waals surface area contributed by atoms with Crippen molar-refractivity contribution in [3.05, 3.63) is 88.6 Å². The number of ether oxygens (including phenoxy) is 1. The Kier molecular flexibility index (Phi) is 3.50. The molecule has 5 rings (SSSR count). The Hall–Kier alpha value is -2.79. The summed E-state index contributed by atoms with van der Waals surface area (Å²) in [5.41, 5.74) is 2.11. The molecule has 0 saturated carbocycles. The first kappa shape index (κ1) is 15.5. The molecule has 2 aliphatic heterocycles. The van der Waals surface area contributed by atoms with Gasteiger partial charge in [-0.3, -0.25) is 0 Å². The average molecular weight is 369 g/mol. The molecule has 1 aromatic heterocycles. The van der Waals surface area contributed by atoms with Crippen molar-refractivity contribution in [1.82, 2.24) is 5.01 Å². The molecule has 0 amide bonds. The van der Waals surface area contributed by atoms with Gasteiger partial charge in [0.15, 0.2) is 0 Å². The van der Waals surface area contributed by atoms with E-state index in [0.29, 0.717) is 23.0 Å². The number of hydrogen-bond acceptors (Lipinski definition) is 4. The van der Waals surface area contributed by atoms with Crippen LogP contribution in [-0.2, 0) is 0 Å². The van der Waals surface area contributed by atoms with Gasteiger partial charge in [-0.2, -0.15) is 5.10 Å². The molecule has 3 aromatic rings. The fourth-order valence-corrected chi connectivity index (χ4v) is 3.82. The predicted molar refractivity (Wildman–Crippen MR) is 95.7 cm³/mol. The van der Waals surface area contributed by atoms with Crippen LogP contribution in [0.1, 0.15) is 35.6 Å². The summed E-state index contributed by atoms with van der Waals surface area (Å²) in [7, 11) is 0. The summed E-state index contributed by atoms with van der Waals surface area (Å²) in [6.45, 7) is 0. The first-order chi connectivity index (χ1) is 12.7. The lowest BCUT2D eigenvalue weighted by Crippen LogP contribution is -2.34. The quantitative estimate of drug-likeness (QED) is 0.614. The third-order valence-electron chi connectivity index (χ3n) is 4.75. The van der Waals surface area contributed by atoms with Gasteiger partial charge in [-0.25, -0.2) is 9.40 Å². The molecule has 0 saturated heterocycles. The van der Waals surface area contributed by atoms with Gasteiger partial charge in [-0.1, -0.05) is 35.9 Å². The zero-order chi connectivity index (χ0) is 17.7. The van der Waals surface area contributed by atoms with Crippen molar-refractivity contribution >= 4 is 17.3 Å². The highest BCUT2D eigenvalue weighted by Crippen LogP contribution is 2.48. The van der Waals surface area contributed by atoms with Crippen LogP contribution in [0.5, 0.6) is 5.75 Å². The van der Waals surface area contributed by atoms with Crippen LogP contribution in [0, 0.1) is 5.82 Å². The zero-order valence-electron chi connectivity index (χ0n) is 13.6.